The molecule has 26 heavy (non-hydrogen) atoms. The average molecular weight is 352 g/mol. The Morgan fingerprint density at radius 2 is 1.96 bits per heavy atom. The molecule has 2 N–H and O–H groups in total. The van der Waals surface area contributed by atoms with E-state index in [0.717, 1.165) is 22.5 Å². The van der Waals surface area contributed by atoms with Gasteiger partial charge in [0.1, 0.15) is 11.6 Å². The van der Waals surface area contributed by atoms with Crippen molar-refractivity contribution in [1.82, 2.24) is 4.98 Å². The molecular formula is C20H24N4O2. The molecule has 0 fully saturated rings. The van der Waals surface area contributed by atoms with E-state index in [0.29, 0.717) is 17.7 Å². The quantitative estimate of drug-likeness (QED) is 0.866. The molecule has 1 amide bonds. The number of nitriles is 1. The molecule has 0 bridgehead atoms. The number of aryl methyl sites for hydroxylation is 2. The van der Waals surface area contributed by atoms with E-state index in [1.54, 1.807) is 13.8 Å². The molecule has 0 saturated heterocycles. The Morgan fingerprint density at radius 1 is 1.27 bits per heavy atom. The molecule has 1 aromatic carbocycles. The topological polar surface area (TPSA) is 89.0 Å². The second-order valence-electron chi connectivity index (χ2n) is 6.61. The SMILES string of the molecule is Cc1cc(NC(=O)CCc2c(C)[nH]c(=O)c(C#N)c2C)ccc1N(C)C. The molecule has 6 heteroatoms. The van der Waals surface area contributed by atoms with Gasteiger partial charge in [0, 0.05) is 37.6 Å². The van der Waals surface area contributed by atoms with E-state index in [1.807, 2.05) is 50.2 Å². The smallest absolute Gasteiger partial charge is 0.266 e. The number of carbonyl (C=O) groups excluding carboxylic acids is 1. The Morgan fingerprint density at radius 3 is 2.54 bits per heavy atom. The second-order valence-corrected chi connectivity index (χ2v) is 6.61. The number of rotatable bonds is 5. The summed E-state index contributed by atoms with van der Waals surface area (Å²) in [5, 5.41) is 12.0. The molecule has 136 valence electrons. The lowest BCUT2D eigenvalue weighted by Gasteiger charge is -2.16. The van der Waals surface area contributed by atoms with Crippen molar-refractivity contribution >= 4 is 17.3 Å². The van der Waals surface area contributed by atoms with Crippen LogP contribution in [0.1, 0.15) is 34.4 Å². The minimum absolute atomic E-state index is 0.106. The Labute approximate surface area is 153 Å². The number of hydrogen-bond acceptors (Lipinski definition) is 4. The van der Waals surface area contributed by atoms with Gasteiger partial charge >= 0.3 is 0 Å². The first-order chi connectivity index (χ1) is 12.2. The molecule has 0 aliphatic heterocycles. The van der Waals surface area contributed by atoms with Crippen molar-refractivity contribution in [1.29, 1.82) is 5.26 Å². The third-order valence-electron chi connectivity index (χ3n) is 4.48. The van der Waals surface area contributed by atoms with E-state index in [1.165, 1.54) is 0 Å². The van der Waals surface area contributed by atoms with Crippen molar-refractivity contribution in [2.24, 2.45) is 0 Å². The molecule has 2 rings (SSSR count). The third-order valence-corrected chi connectivity index (χ3v) is 4.48. The number of aromatic amines is 1. The first-order valence-corrected chi connectivity index (χ1v) is 8.45. The molecular weight excluding hydrogens is 328 g/mol. The predicted octanol–water partition coefficient (Wildman–Crippen LogP) is 2.81. The zero-order chi connectivity index (χ0) is 19.4. The Kier molecular flexibility index (Phi) is 5.83. The van der Waals surface area contributed by atoms with Crippen LogP contribution in [0.3, 0.4) is 0 Å². The zero-order valence-electron chi connectivity index (χ0n) is 15.9. The summed E-state index contributed by atoms with van der Waals surface area (Å²) in [6.45, 7) is 5.53. The van der Waals surface area contributed by atoms with Gasteiger partial charge in [0.05, 0.1) is 0 Å². The maximum absolute atomic E-state index is 12.3. The lowest BCUT2D eigenvalue weighted by atomic mass is 9.99. The first-order valence-electron chi connectivity index (χ1n) is 8.45. The van der Waals surface area contributed by atoms with Gasteiger partial charge in [0.2, 0.25) is 5.91 Å². The molecule has 0 aliphatic carbocycles. The summed E-state index contributed by atoms with van der Waals surface area (Å²) in [5.74, 6) is -0.106. The highest BCUT2D eigenvalue weighted by Crippen LogP contribution is 2.22. The van der Waals surface area contributed by atoms with Gasteiger partial charge in [-0.25, -0.2) is 0 Å². The first kappa shape index (κ1) is 19.3. The fraction of sp³-hybridized carbons (Fsp3) is 0.350. The summed E-state index contributed by atoms with van der Waals surface area (Å²) in [4.78, 5) is 28.8. The number of nitrogens with zero attached hydrogens (tertiary/aromatic N) is 2. The van der Waals surface area contributed by atoms with Crippen LogP contribution in [0.15, 0.2) is 23.0 Å². The van der Waals surface area contributed by atoms with Crippen LogP contribution in [0.2, 0.25) is 0 Å². The standard InChI is InChI=1S/C20H24N4O2/c1-12-10-15(6-8-18(12)24(4)5)23-19(25)9-7-16-13(2)17(11-21)20(26)22-14(16)3/h6,8,10H,7,9H2,1-5H3,(H,22,26)(H,23,25). The van der Waals surface area contributed by atoms with Gasteiger partial charge in [0.25, 0.3) is 5.56 Å². The molecule has 0 radical (unpaired) electrons. The van der Waals surface area contributed by atoms with Crippen LogP contribution in [0.5, 0.6) is 0 Å². The van der Waals surface area contributed by atoms with E-state index in [9.17, 15) is 9.59 Å². The predicted molar refractivity (Wildman–Crippen MR) is 104 cm³/mol. The number of benzene rings is 1. The number of aromatic nitrogens is 1. The Bertz CT molecular complexity index is 936. The van der Waals surface area contributed by atoms with Crippen LogP contribution in [-0.4, -0.2) is 25.0 Å². The van der Waals surface area contributed by atoms with Gasteiger partial charge in [-0.1, -0.05) is 0 Å². The van der Waals surface area contributed by atoms with E-state index < -0.39 is 0 Å². The molecule has 0 aliphatic rings. The van der Waals surface area contributed by atoms with Crippen LogP contribution < -0.4 is 15.8 Å². The largest absolute Gasteiger partial charge is 0.377 e. The minimum Gasteiger partial charge on any atom is -0.377 e. The summed E-state index contributed by atoms with van der Waals surface area (Å²) < 4.78 is 0. The Balaban J connectivity index is 2.10. The van der Waals surface area contributed by atoms with Crippen molar-refractivity contribution in [3.05, 3.63) is 56.5 Å². The minimum atomic E-state index is -0.382. The summed E-state index contributed by atoms with van der Waals surface area (Å²) in [6, 6.07) is 7.72. The molecule has 6 nitrogen and oxygen atoms in total. The van der Waals surface area contributed by atoms with E-state index >= 15 is 0 Å². The van der Waals surface area contributed by atoms with Crippen molar-refractivity contribution in [3.63, 3.8) is 0 Å². The normalized spacial score (nSPS) is 10.3. The van der Waals surface area contributed by atoms with E-state index in [4.69, 9.17) is 5.26 Å². The summed E-state index contributed by atoms with van der Waals surface area (Å²) in [7, 11) is 3.95. The number of nitrogens with one attached hydrogen (secondary N) is 2. The van der Waals surface area contributed by atoms with Crippen LogP contribution in [0, 0.1) is 32.1 Å². The molecule has 1 heterocycles. The number of anilines is 2. The molecule has 0 spiro atoms. The van der Waals surface area contributed by atoms with Crippen molar-refractivity contribution in [2.75, 3.05) is 24.3 Å². The number of carbonyl (C=O) groups is 1. The van der Waals surface area contributed by atoms with Crippen LogP contribution in [0.25, 0.3) is 0 Å². The lowest BCUT2D eigenvalue weighted by Crippen LogP contribution is -2.18. The fourth-order valence-electron chi connectivity index (χ4n) is 3.12. The maximum Gasteiger partial charge on any atom is 0.266 e. The van der Waals surface area contributed by atoms with Crippen LogP contribution in [-0.2, 0) is 11.2 Å². The van der Waals surface area contributed by atoms with Gasteiger partial charge in [-0.3, -0.25) is 9.59 Å². The highest BCUT2D eigenvalue weighted by Gasteiger charge is 2.13. The summed E-state index contributed by atoms with van der Waals surface area (Å²) in [6.07, 6.45) is 0.733. The van der Waals surface area contributed by atoms with Crippen molar-refractivity contribution < 1.29 is 4.79 Å². The van der Waals surface area contributed by atoms with Crippen LogP contribution in [0.4, 0.5) is 11.4 Å². The zero-order valence-corrected chi connectivity index (χ0v) is 15.9. The molecule has 2 aromatic rings. The number of hydrogen-bond donors (Lipinski definition) is 2. The van der Waals surface area contributed by atoms with Crippen molar-refractivity contribution in [3.8, 4) is 6.07 Å². The van der Waals surface area contributed by atoms with Gasteiger partial charge in [0.15, 0.2) is 0 Å². The lowest BCUT2D eigenvalue weighted by molar-refractivity contribution is -0.116. The molecule has 0 unspecified atom stereocenters. The number of amides is 1. The maximum atomic E-state index is 12.3. The van der Waals surface area contributed by atoms with Gasteiger partial charge < -0.3 is 15.2 Å². The number of H-pyrrole nitrogens is 1. The highest BCUT2D eigenvalue weighted by molar-refractivity contribution is 5.91. The van der Waals surface area contributed by atoms with Gasteiger partial charge in [-0.2, -0.15) is 5.26 Å². The molecule has 1 aromatic heterocycles. The average Bonchev–Trinajstić information content (AvgIpc) is 2.54. The number of pyridine rings is 1. The van der Waals surface area contributed by atoms with Crippen LogP contribution >= 0.6 is 0 Å². The third kappa shape index (κ3) is 4.12. The summed E-state index contributed by atoms with van der Waals surface area (Å²) in [5.41, 5.74) is 4.86. The highest BCUT2D eigenvalue weighted by atomic mass is 16.1. The molecule has 0 saturated carbocycles. The summed E-state index contributed by atoms with van der Waals surface area (Å²) >= 11 is 0. The van der Waals surface area contributed by atoms with Gasteiger partial charge in [-0.05, 0) is 62.1 Å². The molecule has 0 atom stereocenters. The van der Waals surface area contributed by atoms with Crippen molar-refractivity contribution in [2.45, 2.75) is 33.6 Å². The van der Waals surface area contributed by atoms with E-state index in [2.05, 4.69) is 10.3 Å². The fourth-order valence-corrected chi connectivity index (χ4v) is 3.12. The second kappa shape index (κ2) is 7.87. The van der Waals surface area contributed by atoms with E-state index in [-0.39, 0.29) is 23.5 Å². The Hall–Kier alpha value is -3.07. The van der Waals surface area contributed by atoms with Gasteiger partial charge in [-0.15, -0.1) is 0 Å². The monoisotopic (exact) mass is 352 g/mol.